The van der Waals surface area contributed by atoms with Gasteiger partial charge in [-0.2, -0.15) is 9.90 Å². The third-order valence-corrected chi connectivity index (χ3v) is 3.64. The van der Waals surface area contributed by atoms with Crippen molar-refractivity contribution in [2.24, 2.45) is 0 Å². The van der Waals surface area contributed by atoms with E-state index in [1.54, 1.807) is 55.5 Å². The summed E-state index contributed by atoms with van der Waals surface area (Å²) in [6.07, 6.45) is 0. The summed E-state index contributed by atoms with van der Waals surface area (Å²) in [6.45, 7) is 1.63. The molecule has 1 aromatic heterocycles. The van der Waals surface area contributed by atoms with Gasteiger partial charge in [0.25, 0.3) is 5.91 Å². The van der Waals surface area contributed by atoms with E-state index in [4.69, 9.17) is 16.7 Å². The number of benzene rings is 2. The zero-order valence-electron chi connectivity index (χ0n) is 12.9. The topological polar surface area (TPSA) is 80.0 Å². The van der Waals surface area contributed by atoms with Crippen molar-refractivity contribution >= 4 is 23.2 Å². The van der Waals surface area contributed by atoms with Crippen molar-refractivity contribution in [2.45, 2.75) is 13.5 Å². The first-order valence-corrected chi connectivity index (χ1v) is 7.65. The molecule has 3 rings (SSSR count). The Labute approximate surface area is 143 Å². The largest absolute Gasteiger partial charge is 0.392 e. The zero-order valence-corrected chi connectivity index (χ0v) is 13.7. The molecule has 122 valence electrons. The fraction of sp³-hybridized carbons (Fsp3) is 0.118. The maximum absolute atomic E-state index is 12.4. The second-order valence-corrected chi connectivity index (χ2v) is 5.65. The number of aliphatic hydroxyl groups is 1. The number of rotatable bonds is 4. The van der Waals surface area contributed by atoms with Crippen LogP contribution in [0.3, 0.4) is 0 Å². The van der Waals surface area contributed by atoms with Crippen molar-refractivity contribution in [2.75, 3.05) is 5.32 Å². The number of hydrogen-bond donors (Lipinski definition) is 2. The molecule has 3 aromatic rings. The van der Waals surface area contributed by atoms with Crippen LogP contribution in [0, 0.1) is 6.92 Å². The Balaban J connectivity index is 1.85. The standard InChI is InChI=1S/C17H15ClN4O2/c1-11-16(17(24)19-14-6-2-4-12(8-14)10-23)21-22(20-11)15-7-3-5-13(18)9-15/h2-9,23H,10H2,1H3,(H,19,24). The highest BCUT2D eigenvalue weighted by molar-refractivity contribution is 6.30. The average molecular weight is 343 g/mol. The van der Waals surface area contributed by atoms with Crippen LogP contribution in [0.1, 0.15) is 21.7 Å². The summed E-state index contributed by atoms with van der Waals surface area (Å²) < 4.78 is 0. The van der Waals surface area contributed by atoms with Crippen LogP contribution in [0.25, 0.3) is 5.69 Å². The molecular weight excluding hydrogens is 328 g/mol. The quantitative estimate of drug-likeness (QED) is 0.764. The minimum absolute atomic E-state index is 0.0896. The lowest BCUT2D eigenvalue weighted by molar-refractivity contribution is 0.102. The fourth-order valence-electron chi connectivity index (χ4n) is 2.24. The lowest BCUT2D eigenvalue weighted by Gasteiger charge is -2.05. The molecule has 0 aliphatic carbocycles. The molecule has 1 amide bonds. The minimum atomic E-state index is -0.365. The van der Waals surface area contributed by atoms with Crippen molar-refractivity contribution in [1.82, 2.24) is 15.0 Å². The van der Waals surface area contributed by atoms with Gasteiger partial charge in [0.2, 0.25) is 0 Å². The summed E-state index contributed by atoms with van der Waals surface area (Å²) in [5.41, 5.74) is 2.71. The molecule has 0 aliphatic rings. The fourth-order valence-corrected chi connectivity index (χ4v) is 2.43. The van der Waals surface area contributed by atoms with E-state index in [2.05, 4.69) is 15.5 Å². The van der Waals surface area contributed by atoms with E-state index in [1.807, 2.05) is 0 Å². The minimum Gasteiger partial charge on any atom is -0.392 e. The van der Waals surface area contributed by atoms with Gasteiger partial charge in [0, 0.05) is 10.7 Å². The summed E-state index contributed by atoms with van der Waals surface area (Å²) in [6, 6.07) is 14.0. The molecule has 0 saturated carbocycles. The number of carbonyl (C=O) groups is 1. The molecule has 1 heterocycles. The lowest BCUT2D eigenvalue weighted by Crippen LogP contribution is -2.14. The average Bonchev–Trinajstić information content (AvgIpc) is 2.97. The predicted molar refractivity (Wildman–Crippen MR) is 91.4 cm³/mol. The second-order valence-electron chi connectivity index (χ2n) is 5.22. The van der Waals surface area contributed by atoms with Gasteiger partial charge in [-0.25, -0.2) is 0 Å². The first kappa shape index (κ1) is 16.2. The van der Waals surface area contributed by atoms with E-state index in [9.17, 15) is 4.79 Å². The van der Waals surface area contributed by atoms with Gasteiger partial charge in [-0.3, -0.25) is 4.79 Å². The van der Waals surface area contributed by atoms with Crippen LogP contribution in [-0.4, -0.2) is 26.0 Å². The van der Waals surface area contributed by atoms with E-state index >= 15 is 0 Å². The molecule has 2 N–H and O–H groups in total. The molecule has 0 spiro atoms. The van der Waals surface area contributed by atoms with Crippen LogP contribution in [-0.2, 0) is 6.61 Å². The van der Waals surface area contributed by atoms with E-state index < -0.39 is 0 Å². The molecule has 6 nitrogen and oxygen atoms in total. The Hall–Kier alpha value is -2.70. The third-order valence-electron chi connectivity index (χ3n) is 3.40. The zero-order chi connectivity index (χ0) is 17.1. The van der Waals surface area contributed by atoms with Crippen molar-refractivity contribution in [3.05, 3.63) is 70.5 Å². The maximum atomic E-state index is 12.4. The first-order chi connectivity index (χ1) is 11.6. The van der Waals surface area contributed by atoms with Gasteiger partial charge >= 0.3 is 0 Å². The normalized spacial score (nSPS) is 10.6. The summed E-state index contributed by atoms with van der Waals surface area (Å²) in [7, 11) is 0. The van der Waals surface area contributed by atoms with Crippen LogP contribution >= 0.6 is 11.6 Å². The Bertz CT molecular complexity index is 892. The van der Waals surface area contributed by atoms with Gasteiger partial charge in [0.15, 0.2) is 5.69 Å². The summed E-state index contributed by atoms with van der Waals surface area (Å²) >= 11 is 5.97. The van der Waals surface area contributed by atoms with Crippen LogP contribution in [0.5, 0.6) is 0 Å². The number of aliphatic hydroxyl groups excluding tert-OH is 1. The van der Waals surface area contributed by atoms with Crippen molar-refractivity contribution < 1.29 is 9.90 Å². The molecule has 0 atom stereocenters. The maximum Gasteiger partial charge on any atom is 0.278 e. The van der Waals surface area contributed by atoms with E-state index in [-0.39, 0.29) is 18.2 Å². The Morgan fingerprint density at radius 1 is 1.21 bits per heavy atom. The molecule has 0 radical (unpaired) electrons. The van der Waals surface area contributed by atoms with Crippen molar-refractivity contribution in [1.29, 1.82) is 0 Å². The van der Waals surface area contributed by atoms with Crippen molar-refractivity contribution in [3.8, 4) is 5.69 Å². The van der Waals surface area contributed by atoms with Gasteiger partial charge in [0.05, 0.1) is 18.0 Å². The Morgan fingerprint density at radius 2 is 2.00 bits per heavy atom. The molecule has 24 heavy (non-hydrogen) atoms. The van der Waals surface area contributed by atoms with Gasteiger partial charge in [-0.15, -0.1) is 5.10 Å². The molecule has 0 fully saturated rings. The number of hydrogen-bond acceptors (Lipinski definition) is 4. The molecule has 2 aromatic carbocycles. The van der Waals surface area contributed by atoms with Gasteiger partial charge < -0.3 is 10.4 Å². The highest BCUT2D eigenvalue weighted by Gasteiger charge is 2.16. The monoisotopic (exact) mass is 342 g/mol. The SMILES string of the molecule is Cc1nn(-c2cccc(Cl)c2)nc1C(=O)Nc1cccc(CO)c1. The van der Waals surface area contributed by atoms with Crippen LogP contribution in [0.4, 0.5) is 5.69 Å². The highest BCUT2D eigenvalue weighted by Crippen LogP contribution is 2.16. The number of anilines is 1. The summed E-state index contributed by atoms with van der Waals surface area (Å²) in [5, 5.41) is 21.0. The number of aryl methyl sites for hydroxylation is 1. The summed E-state index contributed by atoms with van der Waals surface area (Å²) in [5.74, 6) is -0.365. The first-order valence-electron chi connectivity index (χ1n) is 7.28. The van der Waals surface area contributed by atoms with Gasteiger partial charge in [0.1, 0.15) is 0 Å². The molecular formula is C17H15ClN4O2. The van der Waals surface area contributed by atoms with Crippen LogP contribution in [0.2, 0.25) is 5.02 Å². The summed E-state index contributed by atoms with van der Waals surface area (Å²) in [4.78, 5) is 13.8. The Kier molecular flexibility index (Phi) is 4.59. The smallest absolute Gasteiger partial charge is 0.278 e. The molecule has 0 aliphatic heterocycles. The van der Waals surface area contributed by atoms with Crippen molar-refractivity contribution in [3.63, 3.8) is 0 Å². The number of nitrogens with one attached hydrogen (secondary N) is 1. The van der Waals surface area contributed by atoms with Crippen LogP contribution < -0.4 is 5.32 Å². The highest BCUT2D eigenvalue weighted by atomic mass is 35.5. The second kappa shape index (κ2) is 6.82. The predicted octanol–water partition coefficient (Wildman–Crippen LogP) is 2.97. The number of amides is 1. The van der Waals surface area contributed by atoms with E-state index in [0.717, 1.165) is 0 Å². The molecule has 0 unspecified atom stereocenters. The molecule has 0 saturated heterocycles. The number of nitrogens with zero attached hydrogens (tertiary/aromatic N) is 3. The Morgan fingerprint density at radius 3 is 2.75 bits per heavy atom. The lowest BCUT2D eigenvalue weighted by atomic mass is 10.2. The van der Waals surface area contributed by atoms with Crippen LogP contribution in [0.15, 0.2) is 48.5 Å². The molecule has 0 bridgehead atoms. The molecule has 7 heteroatoms. The number of carbonyl (C=O) groups excluding carboxylic acids is 1. The van der Waals surface area contributed by atoms with Gasteiger partial charge in [-0.05, 0) is 42.8 Å². The van der Waals surface area contributed by atoms with Gasteiger partial charge in [-0.1, -0.05) is 29.8 Å². The number of aromatic nitrogens is 3. The third kappa shape index (κ3) is 3.45. The van der Waals surface area contributed by atoms with E-state index in [0.29, 0.717) is 27.7 Å². The van der Waals surface area contributed by atoms with E-state index in [1.165, 1.54) is 4.80 Å². The number of halogens is 1.